The fourth-order valence-corrected chi connectivity index (χ4v) is 3.40. The van der Waals surface area contributed by atoms with E-state index in [9.17, 15) is 0 Å². The third-order valence-electron chi connectivity index (χ3n) is 3.36. The van der Waals surface area contributed by atoms with Crippen LogP contribution in [0.5, 0.6) is 0 Å². The van der Waals surface area contributed by atoms with Crippen molar-refractivity contribution >= 4 is 45.8 Å². The van der Waals surface area contributed by atoms with Gasteiger partial charge < -0.3 is 5.32 Å². The molecule has 3 nitrogen and oxygen atoms in total. The van der Waals surface area contributed by atoms with Gasteiger partial charge in [0, 0.05) is 27.2 Å². The monoisotopic (exact) mass is 423 g/mol. The largest absolute Gasteiger partial charge is 0.313 e. The summed E-state index contributed by atoms with van der Waals surface area (Å²) < 4.78 is 2.89. The first-order valence-electron chi connectivity index (χ1n) is 6.24. The molecule has 0 aliphatic heterocycles. The van der Waals surface area contributed by atoms with E-state index < -0.39 is 0 Å². The van der Waals surface area contributed by atoms with Crippen molar-refractivity contribution in [3.05, 3.63) is 48.8 Å². The summed E-state index contributed by atoms with van der Waals surface area (Å²) in [5, 5.41) is 9.14. The lowest BCUT2D eigenvalue weighted by Crippen LogP contribution is -2.20. The number of nitrogens with one attached hydrogen (secondary N) is 1. The molecule has 0 amide bonds. The molecule has 20 heavy (non-hydrogen) atoms. The first-order chi connectivity index (χ1) is 9.43. The molecule has 0 radical (unpaired) electrons. The number of likely N-dealkylation sites (N-methyl/N-ethyl adjacent to an activating group) is 1. The fraction of sp³-hybridized carbons (Fsp3) is 0.357. The second-order valence-electron chi connectivity index (χ2n) is 4.69. The smallest absolute Gasteiger partial charge is 0.130 e. The van der Waals surface area contributed by atoms with Crippen LogP contribution in [-0.4, -0.2) is 16.8 Å². The third kappa shape index (κ3) is 3.30. The van der Waals surface area contributed by atoms with E-state index in [4.69, 9.17) is 23.2 Å². The molecule has 1 N–H and O–H groups in total. The van der Waals surface area contributed by atoms with Gasteiger partial charge in [0.25, 0.3) is 0 Å². The lowest BCUT2D eigenvalue weighted by Gasteiger charge is -2.18. The number of halogens is 3. The van der Waals surface area contributed by atoms with Gasteiger partial charge in [-0.3, -0.25) is 4.68 Å². The normalized spacial score (nSPS) is 12.7. The molecular weight excluding hydrogens is 408 g/mol. The summed E-state index contributed by atoms with van der Waals surface area (Å²) in [6.07, 6.45) is 0.783. The lowest BCUT2D eigenvalue weighted by atomic mass is 9.99. The van der Waals surface area contributed by atoms with E-state index in [-0.39, 0.29) is 6.04 Å². The number of nitrogens with zero attached hydrogens (tertiary/aromatic N) is 2. The predicted molar refractivity (Wildman–Crippen MR) is 92.6 cm³/mol. The summed E-state index contributed by atoms with van der Waals surface area (Å²) in [6.45, 7) is 1.98. The molecule has 0 bridgehead atoms. The highest BCUT2D eigenvalue weighted by atomic mass is 127. The van der Waals surface area contributed by atoms with Crippen molar-refractivity contribution in [3.8, 4) is 0 Å². The average Bonchev–Trinajstić information content (AvgIpc) is 2.65. The van der Waals surface area contributed by atoms with Crippen LogP contribution in [0.25, 0.3) is 0 Å². The van der Waals surface area contributed by atoms with E-state index in [2.05, 4.69) is 33.0 Å². The molecule has 1 heterocycles. The SMILES string of the molecule is CNC(Cc1c(C)nn(C)c1Cl)c1cc(Cl)ccc1I. The minimum Gasteiger partial charge on any atom is -0.313 e. The molecule has 1 unspecified atom stereocenters. The van der Waals surface area contributed by atoms with Crippen LogP contribution in [0.4, 0.5) is 0 Å². The second kappa shape index (κ2) is 6.64. The number of rotatable bonds is 4. The van der Waals surface area contributed by atoms with Gasteiger partial charge in [-0.1, -0.05) is 23.2 Å². The van der Waals surface area contributed by atoms with Crippen LogP contribution < -0.4 is 5.32 Å². The molecule has 1 atom stereocenters. The zero-order chi connectivity index (χ0) is 14.9. The highest BCUT2D eigenvalue weighted by Gasteiger charge is 2.19. The Balaban J connectivity index is 2.36. The molecule has 1 aromatic carbocycles. The minimum absolute atomic E-state index is 0.154. The summed E-state index contributed by atoms with van der Waals surface area (Å²) in [7, 11) is 3.80. The molecule has 0 aliphatic rings. The molecule has 2 rings (SSSR count). The summed E-state index contributed by atoms with van der Waals surface area (Å²) in [6, 6.07) is 6.09. The molecule has 0 saturated carbocycles. The van der Waals surface area contributed by atoms with Gasteiger partial charge in [-0.25, -0.2) is 0 Å². The van der Waals surface area contributed by atoms with Gasteiger partial charge in [0.15, 0.2) is 0 Å². The lowest BCUT2D eigenvalue weighted by molar-refractivity contribution is 0.588. The molecule has 6 heteroatoms. The molecule has 0 spiro atoms. The Morgan fingerprint density at radius 3 is 2.65 bits per heavy atom. The van der Waals surface area contributed by atoms with Gasteiger partial charge in [-0.05, 0) is 66.7 Å². The van der Waals surface area contributed by atoms with Crippen LogP contribution in [0.15, 0.2) is 18.2 Å². The Hall–Kier alpha value is -0.300. The van der Waals surface area contributed by atoms with Gasteiger partial charge >= 0.3 is 0 Å². The summed E-state index contributed by atoms with van der Waals surface area (Å²) in [5.74, 6) is 0. The summed E-state index contributed by atoms with van der Waals surface area (Å²) in [5.41, 5.74) is 3.22. The fourth-order valence-electron chi connectivity index (χ4n) is 2.26. The van der Waals surface area contributed by atoms with Crippen LogP contribution in [0.2, 0.25) is 10.2 Å². The van der Waals surface area contributed by atoms with Crippen molar-refractivity contribution in [3.63, 3.8) is 0 Å². The number of hydrogen-bond donors (Lipinski definition) is 1. The molecule has 2 aromatic rings. The molecule has 108 valence electrons. The van der Waals surface area contributed by atoms with Gasteiger partial charge in [0.2, 0.25) is 0 Å². The number of hydrogen-bond acceptors (Lipinski definition) is 2. The molecule has 1 aromatic heterocycles. The Kier molecular flexibility index (Phi) is 5.34. The summed E-state index contributed by atoms with van der Waals surface area (Å²) in [4.78, 5) is 0. The highest BCUT2D eigenvalue weighted by molar-refractivity contribution is 14.1. The van der Waals surface area contributed by atoms with Crippen molar-refractivity contribution in [1.29, 1.82) is 0 Å². The number of benzene rings is 1. The Labute approximate surface area is 142 Å². The van der Waals surface area contributed by atoms with Gasteiger partial charge in [0.1, 0.15) is 5.15 Å². The minimum atomic E-state index is 0.154. The maximum Gasteiger partial charge on any atom is 0.130 e. The Bertz CT molecular complexity index is 625. The zero-order valence-electron chi connectivity index (χ0n) is 11.5. The van der Waals surface area contributed by atoms with E-state index >= 15 is 0 Å². The van der Waals surface area contributed by atoms with Crippen LogP contribution in [0.3, 0.4) is 0 Å². The van der Waals surface area contributed by atoms with Crippen molar-refractivity contribution in [2.24, 2.45) is 7.05 Å². The van der Waals surface area contributed by atoms with E-state index in [1.807, 2.05) is 39.2 Å². The maximum atomic E-state index is 6.32. The summed E-state index contributed by atoms with van der Waals surface area (Å²) >= 11 is 14.8. The molecule has 0 aliphatic carbocycles. The first-order valence-corrected chi connectivity index (χ1v) is 8.07. The van der Waals surface area contributed by atoms with Gasteiger partial charge in [0.05, 0.1) is 5.69 Å². The molecule has 0 fully saturated rings. The zero-order valence-corrected chi connectivity index (χ0v) is 15.2. The number of aromatic nitrogens is 2. The Morgan fingerprint density at radius 2 is 2.10 bits per heavy atom. The van der Waals surface area contributed by atoms with Gasteiger partial charge in [-0.15, -0.1) is 0 Å². The maximum absolute atomic E-state index is 6.32. The van der Waals surface area contributed by atoms with Crippen molar-refractivity contribution in [2.45, 2.75) is 19.4 Å². The first kappa shape index (κ1) is 16.1. The second-order valence-corrected chi connectivity index (χ2v) is 6.65. The van der Waals surface area contributed by atoms with Crippen LogP contribution in [0, 0.1) is 10.5 Å². The van der Waals surface area contributed by atoms with Gasteiger partial charge in [-0.2, -0.15) is 5.10 Å². The third-order valence-corrected chi connectivity index (χ3v) is 5.05. The topological polar surface area (TPSA) is 29.9 Å². The standard InChI is InChI=1S/C14H16Cl2IN3/c1-8-10(14(16)20(3)19-8)7-13(18-2)11-6-9(15)4-5-12(11)17/h4-6,13,18H,7H2,1-3H3. The number of aryl methyl sites for hydroxylation is 2. The highest BCUT2D eigenvalue weighted by Crippen LogP contribution is 2.29. The Morgan fingerprint density at radius 1 is 1.40 bits per heavy atom. The van der Waals surface area contributed by atoms with Crippen molar-refractivity contribution < 1.29 is 0 Å². The van der Waals surface area contributed by atoms with Crippen LogP contribution >= 0.6 is 45.8 Å². The van der Waals surface area contributed by atoms with Crippen LogP contribution in [0.1, 0.15) is 22.9 Å². The van der Waals surface area contributed by atoms with E-state index in [1.165, 1.54) is 9.13 Å². The molecular formula is C14H16Cl2IN3. The van der Waals surface area contributed by atoms with E-state index in [1.54, 1.807) is 4.68 Å². The predicted octanol–water partition coefficient (Wildman–Crippen LogP) is 4.14. The van der Waals surface area contributed by atoms with Crippen molar-refractivity contribution in [2.75, 3.05) is 7.05 Å². The van der Waals surface area contributed by atoms with E-state index in [0.717, 1.165) is 22.7 Å². The van der Waals surface area contributed by atoms with Crippen LogP contribution in [-0.2, 0) is 13.5 Å². The average molecular weight is 424 g/mol. The van der Waals surface area contributed by atoms with Crippen molar-refractivity contribution in [1.82, 2.24) is 15.1 Å². The van der Waals surface area contributed by atoms with E-state index in [0.29, 0.717) is 5.15 Å². The molecule has 0 saturated heterocycles. The quantitative estimate of drug-likeness (QED) is 0.749.